The summed E-state index contributed by atoms with van der Waals surface area (Å²) in [7, 11) is 0. The summed E-state index contributed by atoms with van der Waals surface area (Å²) in [5.41, 5.74) is -0.996. The molecule has 1 aromatic heterocycles. The molecular formula is C11H11BrF3NO2. The highest BCUT2D eigenvalue weighted by Crippen LogP contribution is 2.26. The van der Waals surface area contributed by atoms with Gasteiger partial charge in [-0.25, -0.2) is 13.2 Å². The Bertz CT molecular complexity index is 441. The van der Waals surface area contributed by atoms with Gasteiger partial charge in [-0.15, -0.1) is 0 Å². The van der Waals surface area contributed by atoms with Crippen molar-refractivity contribution in [3.63, 3.8) is 0 Å². The molecular weight excluding hydrogens is 315 g/mol. The first-order chi connectivity index (χ1) is 8.51. The third kappa shape index (κ3) is 3.44. The number of pyridine rings is 1. The summed E-state index contributed by atoms with van der Waals surface area (Å²) >= 11 is 3.02. The second-order valence-electron chi connectivity index (χ2n) is 3.38. The first-order valence-corrected chi connectivity index (χ1v) is 6.29. The molecule has 18 heavy (non-hydrogen) atoms. The number of nitrogens with zero attached hydrogens (tertiary/aromatic N) is 1. The Morgan fingerprint density at radius 3 is 2.72 bits per heavy atom. The van der Waals surface area contributed by atoms with Gasteiger partial charge < -0.3 is 4.74 Å². The number of carbonyl (C=O) groups excluding carboxylic acids is 1. The molecule has 0 N–H and O–H groups in total. The van der Waals surface area contributed by atoms with Crippen molar-refractivity contribution < 1.29 is 22.7 Å². The number of aromatic nitrogens is 1. The summed E-state index contributed by atoms with van der Waals surface area (Å²) in [5.74, 6) is -1.60. The van der Waals surface area contributed by atoms with Crippen LogP contribution >= 0.6 is 15.9 Å². The van der Waals surface area contributed by atoms with Crippen LogP contribution < -0.4 is 0 Å². The largest absolute Gasteiger partial charge is 0.466 e. The second-order valence-corrected chi connectivity index (χ2v) is 3.94. The Hall–Kier alpha value is -1.11. The maximum Gasteiger partial charge on any atom is 0.310 e. The van der Waals surface area contributed by atoms with Gasteiger partial charge in [0.1, 0.15) is 11.5 Å². The van der Waals surface area contributed by atoms with E-state index in [4.69, 9.17) is 0 Å². The predicted octanol–water partition coefficient (Wildman–Crippen LogP) is 3.16. The van der Waals surface area contributed by atoms with Crippen molar-refractivity contribution in [1.82, 2.24) is 4.98 Å². The zero-order valence-electron chi connectivity index (χ0n) is 9.55. The molecule has 0 bridgehead atoms. The first kappa shape index (κ1) is 14.9. The fourth-order valence-electron chi connectivity index (χ4n) is 1.39. The predicted molar refractivity (Wildman–Crippen MR) is 62.1 cm³/mol. The van der Waals surface area contributed by atoms with Crippen LogP contribution in [0.2, 0.25) is 0 Å². The quantitative estimate of drug-likeness (QED) is 0.616. The molecule has 0 spiro atoms. The Morgan fingerprint density at radius 1 is 1.56 bits per heavy atom. The second kappa shape index (κ2) is 6.72. The smallest absolute Gasteiger partial charge is 0.310 e. The highest BCUT2D eigenvalue weighted by atomic mass is 79.9. The Morgan fingerprint density at radius 2 is 2.22 bits per heavy atom. The molecule has 0 radical (unpaired) electrons. The lowest BCUT2D eigenvalue weighted by Gasteiger charge is -2.11. The molecule has 0 aliphatic rings. The summed E-state index contributed by atoms with van der Waals surface area (Å²) in [6.45, 7) is 1.69. The highest BCUT2D eigenvalue weighted by Gasteiger charge is 2.23. The first-order valence-electron chi connectivity index (χ1n) is 5.17. The summed E-state index contributed by atoms with van der Waals surface area (Å²) in [5, 5.41) is 0.130. The third-order valence-corrected chi connectivity index (χ3v) is 2.80. The number of ether oxygens (including phenoxy) is 1. The van der Waals surface area contributed by atoms with Crippen LogP contribution in [0.15, 0.2) is 6.20 Å². The molecule has 7 heteroatoms. The van der Waals surface area contributed by atoms with Crippen LogP contribution in [0.5, 0.6) is 0 Å². The van der Waals surface area contributed by atoms with Gasteiger partial charge in [0, 0.05) is 22.7 Å². The van der Waals surface area contributed by atoms with Crippen LogP contribution in [0.3, 0.4) is 0 Å². The average molecular weight is 326 g/mol. The molecule has 0 amide bonds. The number of hydrogen-bond donors (Lipinski definition) is 0. The number of esters is 1. The third-order valence-electron chi connectivity index (χ3n) is 2.19. The number of rotatable bonds is 5. The fourth-order valence-corrected chi connectivity index (χ4v) is 1.78. The van der Waals surface area contributed by atoms with Crippen molar-refractivity contribution in [2.24, 2.45) is 0 Å². The SMILES string of the molecule is CCOC(=O)Cc1c(C(F)F)ncc(CBr)c1F. The van der Waals surface area contributed by atoms with E-state index in [1.54, 1.807) is 6.92 Å². The lowest BCUT2D eigenvalue weighted by atomic mass is 10.1. The Balaban J connectivity index is 3.15. The summed E-state index contributed by atoms with van der Waals surface area (Å²) in [6.07, 6.45) is -2.46. The standard InChI is InChI=1S/C11H11BrF3NO2/c1-2-18-8(17)3-7-9(13)6(4-12)5-16-10(7)11(14)15/h5,11H,2-4H2,1H3. The summed E-state index contributed by atoms with van der Waals surface area (Å²) in [6, 6.07) is 0. The molecule has 0 fully saturated rings. The van der Waals surface area contributed by atoms with E-state index >= 15 is 0 Å². The van der Waals surface area contributed by atoms with Gasteiger partial charge in [-0.1, -0.05) is 15.9 Å². The van der Waals surface area contributed by atoms with E-state index in [-0.39, 0.29) is 17.5 Å². The van der Waals surface area contributed by atoms with Gasteiger partial charge in [0.2, 0.25) is 0 Å². The van der Waals surface area contributed by atoms with E-state index in [0.29, 0.717) is 0 Å². The lowest BCUT2D eigenvalue weighted by Crippen LogP contribution is -2.13. The maximum atomic E-state index is 13.9. The number of hydrogen-bond acceptors (Lipinski definition) is 3. The zero-order chi connectivity index (χ0) is 13.7. The van der Waals surface area contributed by atoms with Crippen molar-refractivity contribution >= 4 is 21.9 Å². The molecule has 1 rings (SSSR count). The van der Waals surface area contributed by atoms with Crippen molar-refractivity contribution in [3.05, 3.63) is 28.8 Å². The van der Waals surface area contributed by atoms with Crippen molar-refractivity contribution in [2.45, 2.75) is 25.1 Å². The van der Waals surface area contributed by atoms with Gasteiger partial charge in [-0.3, -0.25) is 9.78 Å². The van der Waals surface area contributed by atoms with Gasteiger partial charge in [-0.2, -0.15) is 0 Å². The molecule has 0 saturated heterocycles. The monoisotopic (exact) mass is 325 g/mol. The van der Waals surface area contributed by atoms with Crippen molar-refractivity contribution in [1.29, 1.82) is 0 Å². The Labute approximate surface area is 110 Å². The number of carbonyl (C=O) groups is 1. The molecule has 100 valence electrons. The average Bonchev–Trinajstić information content (AvgIpc) is 2.31. The van der Waals surface area contributed by atoms with Crippen molar-refractivity contribution in [2.75, 3.05) is 6.61 Å². The summed E-state index contributed by atoms with van der Waals surface area (Å²) < 4.78 is 43.9. The van der Waals surface area contributed by atoms with Gasteiger partial charge in [0.05, 0.1) is 13.0 Å². The van der Waals surface area contributed by atoms with Crippen LogP contribution in [-0.4, -0.2) is 17.6 Å². The minimum Gasteiger partial charge on any atom is -0.466 e. The van der Waals surface area contributed by atoms with E-state index in [1.807, 2.05) is 0 Å². The zero-order valence-corrected chi connectivity index (χ0v) is 11.1. The molecule has 0 unspecified atom stereocenters. The van der Waals surface area contributed by atoms with Gasteiger partial charge >= 0.3 is 5.97 Å². The maximum absolute atomic E-state index is 13.9. The van der Waals surface area contributed by atoms with E-state index in [1.165, 1.54) is 0 Å². The van der Waals surface area contributed by atoms with E-state index in [9.17, 15) is 18.0 Å². The van der Waals surface area contributed by atoms with E-state index < -0.39 is 35.9 Å². The van der Waals surface area contributed by atoms with Crippen LogP contribution in [0, 0.1) is 5.82 Å². The van der Waals surface area contributed by atoms with Gasteiger partial charge in [0.15, 0.2) is 0 Å². The van der Waals surface area contributed by atoms with E-state index in [0.717, 1.165) is 6.20 Å². The highest BCUT2D eigenvalue weighted by molar-refractivity contribution is 9.08. The van der Waals surface area contributed by atoms with Crippen molar-refractivity contribution in [3.8, 4) is 0 Å². The normalized spacial score (nSPS) is 10.8. The number of alkyl halides is 3. The van der Waals surface area contributed by atoms with Crippen LogP contribution in [0.1, 0.15) is 30.2 Å². The van der Waals surface area contributed by atoms with Crippen LogP contribution in [0.25, 0.3) is 0 Å². The minimum absolute atomic E-state index is 0.107. The van der Waals surface area contributed by atoms with Crippen LogP contribution in [0.4, 0.5) is 13.2 Å². The van der Waals surface area contributed by atoms with E-state index in [2.05, 4.69) is 25.7 Å². The molecule has 3 nitrogen and oxygen atoms in total. The molecule has 1 heterocycles. The fraction of sp³-hybridized carbons (Fsp3) is 0.455. The van der Waals surface area contributed by atoms with Crippen LogP contribution in [-0.2, 0) is 21.3 Å². The van der Waals surface area contributed by atoms with Gasteiger partial charge in [0.25, 0.3) is 6.43 Å². The topological polar surface area (TPSA) is 39.2 Å². The minimum atomic E-state index is -2.94. The molecule has 0 aromatic carbocycles. The molecule has 0 atom stereocenters. The molecule has 1 aromatic rings. The number of halogens is 4. The van der Waals surface area contributed by atoms with Gasteiger partial charge in [-0.05, 0) is 6.92 Å². The molecule has 0 aliphatic carbocycles. The summed E-state index contributed by atoms with van der Waals surface area (Å²) in [4.78, 5) is 14.8. The molecule has 0 saturated carbocycles. The Kier molecular flexibility index (Phi) is 5.58. The lowest BCUT2D eigenvalue weighted by molar-refractivity contribution is -0.142. The molecule has 0 aliphatic heterocycles.